The third kappa shape index (κ3) is 3.46. The van der Waals surface area contributed by atoms with Crippen molar-refractivity contribution in [1.29, 1.82) is 0 Å². The van der Waals surface area contributed by atoms with Crippen LogP contribution in [0.15, 0.2) is 48.5 Å². The van der Waals surface area contributed by atoms with Crippen LogP contribution in [0.2, 0.25) is 0 Å². The fraction of sp³-hybridized carbons (Fsp3) is 0.111. The third-order valence-corrected chi connectivity index (χ3v) is 4.58. The molecule has 0 saturated carbocycles. The number of thiazole rings is 1. The van der Waals surface area contributed by atoms with E-state index in [2.05, 4.69) is 4.98 Å². The number of aromatic carboxylic acids is 1. The van der Waals surface area contributed by atoms with Gasteiger partial charge in [-0.3, -0.25) is 0 Å². The first kappa shape index (κ1) is 15.4. The van der Waals surface area contributed by atoms with Gasteiger partial charge in [0.1, 0.15) is 15.7 Å². The van der Waals surface area contributed by atoms with Gasteiger partial charge in [0, 0.05) is 12.0 Å². The Bertz CT molecular complexity index is 856. The largest absolute Gasteiger partial charge is 0.477 e. The van der Waals surface area contributed by atoms with Crippen LogP contribution in [-0.2, 0) is 6.42 Å². The zero-order valence-electron chi connectivity index (χ0n) is 12.4. The van der Waals surface area contributed by atoms with Crippen LogP contribution >= 0.6 is 11.3 Å². The second kappa shape index (κ2) is 6.30. The average molecular weight is 327 g/mol. The SMILES string of the molecule is Cc1cccc(-c2nc(Cc3ccc(F)cc3)c(C(=O)O)s2)c1. The zero-order chi connectivity index (χ0) is 16.4. The van der Waals surface area contributed by atoms with E-state index < -0.39 is 5.97 Å². The molecule has 116 valence electrons. The van der Waals surface area contributed by atoms with Gasteiger partial charge in [-0.25, -0.2) is 14.2 Å². The fourth-order valence-electron chi connectivity index (χ4n) is 2.34. The zero-order valence-corrected chi connectivity index (χ0v) is 13.2. The van der Waals surface area contributed by atoms with Crippen molar-refractivity contribution >= 4 is 17.3 Å². The van der Waals surface area contributed by atoms with Crippen molar-refractivity contribution in [2.45, 2.75) is 13.3 Å². The number of carbonyl (C=O) groups is 1. The molecule has 3 nitrogen and oxygen atoms in total. The molecule has 0 aliphatic rings. The number of aromatic nitrogens is 1. The molecule has 0 aliphatic heterocycles. The third-order valence-electron chi connectivity index (χ3n) is 3.44. The molecule has 1 N–H and O–H groups in total. The Labute approximate surface area is 137 Å². The molecule has 1 aromatic heterocycles. The van der Waals surface area contributed by atoms with Crippen LogP contribution in [0.3, 0.4) is 0 Å². The Morgan fingerprint density at radius 2 is 1.96 bits per heavy atom. The maximum Gasteiger partial charge on any atom is 0.347 e. The molecule has 0 atom stereocenters. The molecule has 0 aliphatic carbocycles. The highest BCUT2D eigenvalue weighted by Gasteiger charge is 2.18. The van der Waals surface area contributed by atoms with Crippen molar-refractivity contribution in [2.75, 3.05) is 0 Å². The van der Waals surface area contributed by atoms with Crippen LogP contribution in [0.25, 0.3) is 10.6 Å². The summed E-state index contributed by atoms with van der Waals surface area (Å²) in [6.07, 6.45) is 0.365. The second-order valence-corrected chi connectivity index (χ2v) is 6.27. The summed E-state index contributed by atoms with van der Waals surface area (Å²) in [5.41, 5.74) is 3.33. The Morgan fingerprint density at radius 1 is 1.22 bits per heavy atom. The predicted octanol–water partition coefficient (Wildman–Crippen LogP) is 4.55. The van der Waals surface area contributed by atoms with Gasteiger partial charge in [-0.2, -0.15) is 0 Å². The van der Waals surface area contributed by atoms with Crippen molar-refractivity contribution in [3.8, 4) is 10.6 Å². The number of carboxylic acid groups (broad SMARTS) is 1. The number of hydrogen-bond acceptors (Lipinski definition) is 3. The fourth-order valence-corrected chi connectivity index (χ4v) is 3.25. The Balaban J connectivity index is 1.99. The van der Waals surface area contributed by atoms with E-state index in [4.69, 9.17) is 0 Å². The quantitative estimate of drug-likeness (QED) is 0.765. The molecule has 0 radical (unpaired) electrons. The normalized spacial score (nSPS) is 10.7. The lowest BCUT2D eigenvalue weighted by molar-refractivity contribution is 0.0701. The lowest BCUT2D eigenvalue weighted by Crippen LogP contribution is -2.00. The van der Waals surface area contributed by atoms with Gasteiger partial charge in [0.2, 0.25) is 0 Å². The van der Waals surface area contributed by atoms with E-state index in [9.17, 15) is 14.3 Å². The Kier molecular flexibility index (Phi) is 4.21. The van der Waals surface area contributed by atoms with Crippen molar-refractivity contribution in [2.24, 2.45) is 0 Å². The topological polar surface area (TPSA) is 50.2 Å². The Hall–Kier alpha value is -2.53. The molecule has 5 heteroatoms. The standard InChI is InChI=1S/C18H14FNO2S/c1-11-3-2-4-13(9-11)17-20-15(16(23-17)18(21)22)10-12-5-7-14(19)8-6-12/h2-9H,10H2,1H3,(H,21,22). The first-order valence-corrected chi connectivity index (χ1v) is 7.89. The molecule has 0 fully saturated rings. The first-order valence-electron chi connectivity index (χ1n) is 7.07. The molecule has 0 unspecified atom stereocenters. The lowest BCUT2D eigenvalue weighted by Gasteiger charge is -2.00. The molecule has 2 aromatic carbocycles. The number of nitrogens with zero attached hydrogens (tertiary/aromatic N) is 1. The average Bonchev–Trinajstić information content (AvgIpc) is 2.94. The number of halogens is 1. The maximum atomic E-state index is 13.0. The van der Waals surface area contributed by atoms with Crippen LogP contribution in [0.1, 0.15) is 26.5 Å². The highest BCUT2D eigenvalue weighted by molar-refractivity contribution is 7.17. The van der Waals surface area contributed by atoms with Crippen LogP contribution in [0.5, 0.6) is 0 Å². The van der Waals surface area contributed by atoms with Gasteiger partial charge in [0.05, 0.1) is 5.69 Å². The van der Waals surface area contributed by atoms with Crippen molar-refractivity contribution in [1.82, 2.24) is 4.98 Å². The van der Waals surface area contributed by atoms with Gasteiger partial charge in [-0.05, 0) is 30.7 Å². The predicted molar refractivity (Wildman–Crippen MR) is 88.5 cm³/mol. The number of aryl methyl sites for hydroxylation is 1. The summed E-state index contributed by atoms with van der Waals surface area (Å²) >= 11 is 1.17. The highest BCUT2D eigenvalue weighted by Crippen LogP contribution is 2.30. The minimum Gasteiger partial charge on any atom is -0.477 e. The first-order chi connectivity index (χ1) is 11.0. The van der Waals surface area contributed by atoms with Gasteiger partial charge >= 0.3 is 5.97 Å². The summed E-state index contributed by atoms with van der Waals surface area (Å²) in [5, 5.41) is 10.1. The molecular formula is C18H14FNO2S. The molecule has 3 aromatic rings. The molecule has 1 heterocycles. The molecule has 3 rings (SSSR count). The van der Waals surface area contributed by atoms with E-state index in [0.717, 1.165) is 16.7 Å². The second-order valence-electron chi connectivity index (χ2n) is 5.27. The van der Waals surface area contributed by atoms with Gasteiger partial charge in [0.25, 0.3) is 0 Å². The smallest absolute Gasteiger partial charge is 0.347 e. The molecule has 0 bridgehead atoms. The highest BCUT2D eigenvalue weighted by atomic mass is 32.1. The van der Waals surface area contributed by atoms with E-state index in [1.54, 1.807) is 12.1 Å². The minimum absolute atomic E-state index is 0.228. The number of hydrogen-bond donors (Lipinski definition) is 1. The van der Waals surface area contributed by atoms with Gasteiger partial charge in [-0.15, -0.1) is 11.3 Å². The van der Waals surface area contributed by atoms with Crippen molar-refractivity contribution < 1.29 is 14.3 Å². The van der Waals surface area contributed by atoms with E-state index in [0.29, 0.717) is 17.1 Å². The molecule has 0 saturated heterocycles. The molecule has 0 spiro atoms. The van der Waals surface area contributed by atoms with Crippen LogP contribution < -0.4 is 0 Å². The van der Waals surface area contributed by atoms with E-state index in [1.165, 1.54) is 23.5 Å². The molecular weight excluding hydrogens is 313 g/mol. The number of carboxylic acids is 1. The van der Waals surface area contributed by atoms with Gasteiger partial charge in [0.15, 0.2) is 0 Å². The number of benzene rings is 2. The Morgan fingerprint density at radius 3 is 2.61 bits per heavy atom. The lowest BCUT2D eigenvalue weighted by atomic mass is 10.1. The van der Waals surface area contributed by atoms with Crippen LogP contribution in [0.4, 0.5) is 4.39 Å². The van der Waals surface area contributed by atoms with Gasteiger partial charge in [-0.1, -0.05) is 35.9 Å². The molecule has 23 heavy (non-hydrogen) atoms. The number of rotatable bonds is 4. The summed E-state index contributed by atoms with van der Waals surface area (Å²) in [5.74, 6) is -1.30. The summed E-state index contributed by atoms with van der Waals surface area (Å²) in [4.78, 5) is 16.2. The van der Waals surface area contributed by atoms with E-state index in [-0.39, 0.29) is 10.7 Å². The monoisotopic (exact) mass is 327 g/mol. The van der Waals surface area contributed by atoms with E-state index in [1.807, 2.05) is 31.2 Å². The van der Waals surface area contributed by atoms with E-state index >= 15 is 0 Å². The summed E-state index contributed by atoms with van der Waals surface area (Å²) in [6, 6.07) is 13.8. The maximum absolute atomic E-state index is 13.0. The summed E-state index contributed by atoms with van der Waals surface area (Å²) in [7, 11) is 0. The summed E-state index contributed by atoms with van der Waals surface area (Å²) < 4.78 is 13.0. The van der Waals surface area contributed by atoms with Crippen molar-refractivity contribution in [3.63, 3.8) is 0 Å². The van der Waals surface area contributed by atoms with Crippen LogP contribution in [0, 0.1) is 12.7 Å². The van der Waals surface area contributed by atoms with Crippen LogP contribution in [-0.4, -0.2) is 16.1 Å². The van der Waals surface area contributed by atoms with Crippen molar-refractivity contribution in [3.05, 3.63) is 76.0 Å². The van der Waals surface area contributed by atoms with Gasteiger partial charge < -0.3 is 5.11 Å². The molecule has 0 amide bonds. The summed E-state index contributed by atoms with van der Waals surface area (Å²) in [6.45, 7) is 1.98. The minimum atomic E-state index is -0.987.